The second kappa shape index (κ2) is 5.32. The third-order valence-electron chi connectivity index (χ3n) is 4.49. The zero-order chi connectivity index (χ0) is 15.9. The molecule has 0 spiro atoms. The standard InChI is InChI=1S/C18H20FNO/c1-9-10(2)12(4)17(13(5)11(9)3)18(21)15-8-14(19)6-7-16(15)20/h6-8H,20H2,1-5H3. The first-order valence-electron chi connectivity index (χ1n) is 6.92. The molecule has 0 aliphatic heterocycles. The van der Waals surface area contributed by atoms with E-state index in [1.54, 1.807) is 0 Å². The first-order chi connectivity index (χ1) is 9.75. The summed E-state index contributed by atoms with van der Waals surface area (Å²) in [6.07, 6.45) is 0. The van der Waals surface area contributed by atoms with Crippen molar-refractivity contribution in [2.75, 3.05) is 5.73 Å². The van der Waals surface area contributed by atoms with Crippen LogP contribution in [0, 0.1) is 40.4 Å². The van der Waals surface area contributed by atoms with Crippen molar-refractivity contribution in [2.45, 2.75) is 34.6 Å². The molecule has 21 heavy (non-hydrogen) atoms. The van der Waals surface area contributed by atoms with E-state index in [9.17, 15) is 9.18 Å². The molecular formula is C18H20FNO. The summed E-state index contributed by atoms with van der Waals surface area (Å²) in [6.45, 7) is 9.91. The Morgan fingerprint density at radius 1 is 0.905 bits per heavy atom. The summed E-state index contributed by atoms with van der Waals surface area (Å²) in [5, 5.41) is 0. The Balaban J connectivity index is 2.73. The highest BCUT2D eigenvalue weighted by Gasteiger charge is 2.21. The van der Waals surface area contributed by atoms with E-state index in [4.69, 9.17) is 5.73 Å². The van der Waals surface area contributed by atoms with E-state index >= 15 is 0 Å². The van der Waals surface area contributed by atoms with Crippen LogP contribution >= 0.6 is 0 Å². The van der Waals surface area contributed by atoms with Crippen LogP contribution in [0.5, 0.6) is 0 Å². The van der Waals surface area contributed by atoms with Crippen LogP contribution in [0.2, 0.25) is 0 Å². The predicted octanol–water partition coefficient (Wildman–Crippen LogP) is 4.18. The predicted molar refractivity (Wildman–Crippen MR) is 84.4 cm³/mol. The molecule has 0 amide bonds. The van der Waals surface area contributed by atoms with Gasteiger partial charge in [-0.2, -0.15) is 0 Å². The topological polar surface area (TPSA) is 43.1 Å². The number of rotatable bonds is 2. The third kappa shape index (κ3) is 2.44. The highest BCUT2D eigenvalue weighted by molar-refractivity contribution is 6.14. The highest BCUT2D eigenvalue weighted by atomic mass is 19.1. The summed E-state index contributed by atoms with van der Waals surface area (Å²) in [5.74, 6) is -0.670. The van der Waals surface area contributed by atoms with E-state index in [0.29, 0.717) is 11.3 Å². The number of hydrogen-bond acceptors (Lipinski definition) is 2. The lowest BCUT2D eigenvalue weighted by molar-refractivity contribution is 0.103. The Morgan fingerprint density at radius 2 is 1.38 bits per heavy atom. The molecule has 0 unspecified atom stereocenters. The van der Waals surface area contributed by atoms with Crippen molar-refractivity contribution >= 4 is 11.5 Å². The first-order valence-corrected chi connectivity index (χ1v) is 6.92. The lowest BCUT2D eigenvalue weighted by atomic mass is 9.86. The number of carbonyl (C=O) groups is 1. The maximum absolute atomic E-state index is 13.4. The van der Waals surface area contributed by atoms with E-state index in [1.165, 1.54) is 23.8 Å². The summed E-state index contributed by atoms with van der Waals surface area (Å²) in [5.41, 5.74) is 12.3. The van der Waals surface area contributed by atoms with E-state index in [0.717, 1.165) is 22.3 Å². The smallest absolute Gasteiger partial charge is 0.195 e. The molecule has 2 nitrogen and oxygen atoms in total. The Kier molecular flexibility index (Phi) is 3.86. The molecule has 2 N–H and O–H groups in total. The molecule has 2 rings (SSSR count). The molecule has 2 aromatic carbocycles. The molecule has 110 valence electrons. The minimum Gasteiger partial charge on any atom is -0.398 e. The summed E-state index contributed by atoms with van der Waals surface area (Å²) < 4.78 is 13.4. The van der Waals surface area contributed by atoms with Crippen LogP contribution in [0.25, 0.3) is 0 Å². The average molecular weight is 285 g/mol. The minimum absolute atomic E-state index is 0.215. The number of nitrogen functional groups attached to an aromatic ring is 1. The molecule has 2 aromatic rings. The van der Waals surface area contributed by atoms with Gasteiger partial charge in [0, 0.05) is 16.8 Å². The Bertz CT molecular complexity index is 718. The van der Waals surface area contributed by atoms with Gasteiger partial charge in [0.05, 0.1) is 0 Å². The fourth-order valence-electron chi connectivity index (χ4n) is 2.70. The van der Waals surface area contributed by atoms with Gasteiger partial charge in [0.25, 0.3) is 0 Å². The van der Waals surface area contributed by atoms with Gasteiger partial charge in [0.1, 0.15) is 5.82 Å². The SMILES string of the molecule is Cc1c(C)c(C)c(C(=O)c2cc(F)ccc2N)c(C)c1C. The zero-order valence-corrected chi connectivity index (χ0v) is 13.1. The van der Waals surface area contributed by atoms with Crippen LogP contribution in [0.15, 0.2) is 18.2 Å². The summed E-state index contributed by atoms with van der Waals surface area (Å²) >= 11 is 0. The average Bonchev–Trinajstić information content (AvgIpc) is 2.45. The molecule has 0 radical (unpaired) electrons. The van der Waals surface area contributed by atoms with Crippen LogP contribution in [0.4, 0.5) is 10.1 Å². The van der Waals surface area contributed by atoms with Crippen molar-refractivity contribution in [2.24, 2.45) is 0 Å². The van der Waals surface area contributed by atoms with Gasteiger partial charge in [0.15, 0.2) is 5.78 Å². The number of halogens is 1. The van der Waals surface area contributed by atoms with E-state index < -0.39 is 5.82 Å². The quantitative estimate of drug-likeness (QED) is 0.664. The van der Waals surface area contributed by atoms with Crippen LogP contribution in [0.3, 0.4) is 0 Å². The second-order valence-electron chi connectivity index (χ2n) is 5.56. The third-order valence-corrected chi connectivity index (χ3v) is 4.49. The van der Waals surface area contributed by atoms with Gasteiger partial charge in [-0.05, 0) is 80.6 Å². The molecule has 0 bridgehead atoms. The summed E-state index contributed by atoms with van der Waals surface area (Å²) in [6, 6.07) is 3.90. The number of nitrogens with two attached hydrogens (primary N) is 1. The molecule has 0 aliphatic rings. The monoisotopic (exact) mass is 285 g/mol. The van der Waals surface area contributed by atoms with Crippen molar-refractivity contribution in [3.05, 3.63) is 63.0 Å². The number of benzene rings is 2. The van der Waals surface area contributed by atoms with Crippen LogP contribution in [-0.4, -0.2) is 5.78 Å². The van der Waals surface area contributed by atoms with Gasteiger partial charge in [-0.3, -0.25) is 4.79 Å². The summed E-state index contributed by atoms with van der Waals surface area (Å²) in [4.78, 5) is 12.8. The molecule has 0 saturated heterocycles. The van der Waals surface area contributed by atoms with E-state index in [-0.39, 0.29) is 11.3 Å². The largest absolute Gasteiger partial charge is 0.398 e. The molecule has 0 fully saturated rings. The minimum atomic E-state index is -0.455. The maximum atomic E-state index is 13.4. The Morgan fingerprint density at radius 3 is 1.90 bits per heavy atom. The second-order valence-corrected chi connectivity index (χ2v) is 5.56. The number of anilines is 1. The fourth-order valence-corrected chi connectivity index (χ4v) is 2.70. The molecule has 0 atom stereocenters. The summed E-state index contributed by atoms with van der Waals surface area (Å²) in [7, 11) is 0. The van der Waals surface area contributed by atoms with Gasteiger partial charge in [-0.15, -0.1) is 0 Å². The fraction of sp³-hybridized carbons (Fsp3) is 0.278. The normalized spacial score (nSPS) is 10.8. The maximum Gasteiger partial charge on any atom is 0.195 e. The van der Waals surface area contributed by atoms with E-state index in [2.05, 4.69) is 6.92 Å². The van der Waals surface area contributed by atoms with Crippen LogP contribution in [0.1, 0.15) is 43.7 Å². The van der Waals surface area contributed by atoms with Gasteiger partial charge >= 0.3 is 0 Å². The number of carbonyl (C=O) groups excluding carboxylic acids is 1. The van der Waals surface area contributed by atoms with Gasteiger partial charge < -0.3 is 5.73 Å². The molecular weight excluding hydrogens is 265 g/mol. The molecule has 0 aromatic heterocycles. The van der Waals surface area contributed by atoms with Gasteiger partial charge in [-0.25, -0.2) is 4.39 Å². The van der Waals surface area contributed by atoms with Crippen LogP contribution < -0.4 is 5.73 Å². The zero-order valence-electron chi connectivity index (χ0n) is 13.1. The van der Waals surface area contributed by atoms with Gasteiger partial charge in [0.2, 0.25) is 0 Å². The molecule has 0 saturated carbocycles. The highest BCUT2D eigenvalue weighted by Crippen LogP contribution is 2.29. The lowest BCUT2D eigenvalue weighted by Crippen LogP contribution is -2.12. The van der Waals surface area contributed by atoms with Crippen molar-refractivity contribution in [1.29, 1.82) is 0 Å². The molecule has 0 aliphatic carbocycles. The molecule has 3 heteroatoms. The van der Waals surface area contributed by atoms with Crippen molar-refractivity contribution < 1.29 is 9.18 Å². The van der Waals surface area contributed by atoms with Crippen molar-refractivity contribution in [1.82, 2.24) is 0 Å². The Labute approximate surface area is 124 Å². The van der Waals surface area contributed by atoms with Crippen LogP contribution in [-0.2, 0) is 0 Å². The van der Waals surface area contributed by atoms with E-state index in [1.807, 2.05) is 27.7 Å². The number of hydrogen-bond donors (Lipinski definition) is 1. The number of ketones is 1. The van der Waals surface area contributed by atoms with Crippen molar-refractivity contribution in [3.63, 3.8) is 0 Å². The lowest BCUT2D eigenvalue weighted by Gasteiger charge is -2.18. The van der Waals surface area contributed by atoms with Crippen molar-refractivity contribution in [3.8, 4) is 0 Å². The van der Waals surface area contributed by atoms with Gasteiger partial charge in [-0.1, -0.05) is 0 Å². The Hall–Kier alpha value is -2.16. The first kappa shape index (κ1) is 15.2. The molecule has 0 heterocycles.